The molecule has 0 amide bonds. The lowest BCUT2D eigenvalue weighted by atomic mass is 9.89. The summed E-state index contributed by atoms with van der Waals surface area (Å²) in [6.07, 6.45) is 3.41. The molecular formula is C19H24N2O5S. The molecule has 7 nitrogen and oxygen atoms in total. The Kier molecular flexibility index (Phi) is 5.94. The molecule has 0 aromatic carbocycles. The number of aryl methyl sites for hydroxylation is 1. The molecule has 0 saturated heterocycles. The molecule has 0 saturated carbocycles. The first-order valence-corrected chi connectivity index (χ1v) is 10.2. The first-order valence-electron chi connectivity index (χ1n) is 9.34. The van der Waals surface area contributed by atoms with Crippen LogP contribution in [0.5, 0.6) is 0 Å². The lowest BCUT2D eigenvalue weighted by Gasteiger charge is -2.17. The highest BCUT2D eigenvalue weighted by atomic mass is 32.1. The van der Waals surface area contributed by atoms with E-state index in [0.717, 1.165) is 34.3 Å². The molecule has 27 heavy (non-hydrogen) atoms. The Bertz CT molecular complexity index is 930. The van der Waals surface area contributed by atoms with Crippen LogP contribution in [0.2, 0.25) is 0 Å². The van der Waals surface area contributed by atoms with Gasteiger partial charge < -0.3 is 9.47 Å². The van der Waals surface area contributed by atoms with Crippen molar-refractivity contribution in [2.45, 2.75) is 53.0 Å². The van der Waals surface area contributed by atoms with Crippen LogP contribution in [-0.4, -0.2) is 34.7 Å². The van der Waals surface area contributed by atoms with Gasteiger partial charge in [0.1, 0.15) is 11.4 Å². The van der Waals surface area contributed by atoms with E-state index in [2.05, 4.69) is 11.9 Å². The van der Waals surface area contributed by atoms with Gasteiger partial charge in [-0.15, -0.1) is 11.3 Å². The summed E-state index contributed by atoms with van der Waals surface area (Å²) in [5.41, 5.74) is 0.639. The van der Waals surface area contributed by atoms with E-state index in [1.807, 2.05) is 6.92 Å². The van der Waals surface area contributed by atoms with Gasteiger partial charge in [-0.1, -0.05) is 13.8 Å². The van der Waals surface area contributed by atoms with Crippen LogP contribution in [0.1, 0.15) is 54.7 Å². The van der Waals surface area contributed by atoms with Crippen molar-refractivity contribution in [3.63, 3.8) is 0 Å². The van der Waals surface area contributed by atoms with Crippen molar-refractivity contribution in [3.8, 4) is 0 Å². The van der Waals surface area contributed by atoms with Crippen molar-refractivity contribution >= 4 is 33.5 Å². The molecule has 146 valence electrons. The number of nitrogens with zero attached hydrogens (tertiary/aromatic N) is 2. The highest BCUT2D eigenvalue weighted by molar-refractivity contribution is 7.18. The van der Waals surface area contributed by atoms with E-state index in [1.54, 1.807) is 6.92 Å². The van der Waals surface area contributed by atoms with Gasteiger partial charge in [-0.2, -0.15) is 0 Å². The molecule has 0 fully saturated rings. The molecule has 0 spiro atoms. The number of hydrogen-bond acceptors (Lipinski definition) is 7. The van der Waals surface area contributed by atoms with E-state index in [9.17, 15) is 14.4 Å². The van der Waals surface area contributed by atoms with Crippen molar-refractivity contribution < 1.29 is 19.1 Å². The van der Waals surface area contributed by atoms with Gasteiger partial charge in [-0.05, 0) is 44.1 Å². The molecule has 0 N–H and O–H groups in total. The Morgan fingerprint density at radius 3 is 2.78 bits per heavy atom. The zero-order chi connectivity index (χ0) is 19.6. The second-order valence-corrected chi connectivity index (χ2v) is 7.88. The Morgan fingerprint density at radius 1 is 1.30 bits per heavy atom. The number of hydrogen-bond donors (Lipinski definition) is 0. The van der Waals surface area contributed by atoms with Gasteiger partial charge in [-0.3, -0.25) is 14.2 Å². The van der Waals surface area contributed by atoms with Crippen molar-refractivity contribution in [1.29, 1.82) is 0 Å². The van der Waals surface area contributed by atoms with Crippen LogP contribution in [0.25, 0.3) is 10.2 Å². The molecule has 1 aliphatic rings. The SMILES string of the molecule is CCCOC(=O)Cn1c(C(=O)OCC)nc2sc3c(c2c1=O)CCC(C)C3. The number of carbonyl (C=O) groups is 2. The maximum Gasteiger partial charge on any atom is 0.374 e. The van der Waals surface area contributed by atoms with E-state index in [0.29, 0.717) is 22.6 Å². The average Bonchev–Trinajstić information content (AvgIpc) is 2.99. The number of ether oxygens (including phenoxy) is 2. The van der Waals surface area contributed by atoms with Crippen molar-refractivity contribution in [3.05, 3.63) is 26.6 Å². The third-order valence-corrected chi connectivity index (χ3v) is 5.78. The predicted molar refractivity (Wildman–Crippen MR) is 102 cm³/mol. The molecule has 2 aromatic rings. The smallest absolute Gasteiger partial charge is 0.374 e. The summed E-state index contributed by atoms with van der Waals surface area (Å²) < 4.78 is 11.2. The van der Waals surface area contributed by atoms with Crippen LogP contribution >= 0.6 is 11.3 Å². The number of esters is 2. The quantitative estimate of drug-likeness (QED) is 0.703. The summed E-state index contributed by atoms with van der Waals surface area (Å²) in [5.74, 6) is -0.862. The third-order valence-electron chi connectivity index (χ3n) is 4.63. The fourth-order valence-corrected chi connectivity index (χ4v) is 4.69. The predicted octanol–water partition coefficient (Wildman–Crippen LogP) is 2.71. The van der Waals surface area contributed by atoms with Crippen LogP contribution in [0.4, 0.5) is 0 Å². The highest BCUT2D eigenvalue weighted by Gasteiger charge is 2.27. The number of rotatable bonds is 6. The zero-order valence-corrected chi connectivity index (χ0v) is 16.7. The third kappa shape index (κ3) is 3.90. The molecule has 2 heterocycles. The van der Waals surface area contributed by atoms with Gasteiger partial charge >= 0.3 is 11.9 Å². The maximum atomic E-state index is 13.2. The van der Waals surface area contributed by atoms with Crippen LogP contribution in [-0.2, 0) is 33.7 Å². The minimum Gasteiger partial charge on any atom is -0.464 e. The Balaban J connectivity index is 2.13. The molecule has 8 heteroatoms. The largest absolute Gasteiger partial charge is 0.464 e. The average molecular weight is 392 g/mol. The van der Waals surface area contributed by atoms with Gasteiger partial charge in [0, 0.05) is 4.88 Å². The van der Waals surface area contributed by atoms with Crippen LogP contribution in [0, 0.1) is 5.92 Å². The van der Waals surface area contributed by atoms with Gasteiger partial charge in [0.2, 0.25) is 5.82 Å². The van der Waals surface area contributed by atoms with E-state index in [-0.39, 0.29) is 31.1 Å². The van der Waals surface area contributed by atoms with Crippen molar-refractivity contribution in [2.24, 2.45) is 5.92 Å². The first kappa shape index (κ1) is 19.5. The monoisotopic (exact) mass is 392 g/mol. The van der Waals surface area contributed by atoms with E-state index >= 15 is 0 Å². The van der Waals surface area contributed by atoms with Gasteiger partial charge in [-0.25, -0.2) is 9.78 Å². The lowest BCUT2D eigenvalue weighted by molar-refractivity contribution is -0.144. The number of carbonyl (C=O) groups excluding carboxylic acids is 2. The Hall–Kier alpha value is -2.22. The fraction of sp³-hybridized carbons (Fsp3) is 0.579. The van der Waals surface area contributed by atoms with E-state index < -0.39 is 11.9 Å². The Morgan fingerprint density at radius 2 is 2.07 bits per heavy atom. The van der Waals surface area contributed by atoms with Crippen molar-refractivity contribution in [2.75, 3.05) is 13.2 Å². The van der Waals surface area contributed by atoms with E-state index in [1.165, 1.54) is 11.3 Å². The first-order chi connectivity index (χ1) is 13.0. The summed E-state index contributed by atoms with van der Waals surface area (Å²) in [6, 6.07) is 0. The highest BCUT2D eigenvalue weighted by Crippen LogP contribution is 2.35. The zero-order valence-electron chi connectivity index (χ0n) is 15.9. The normalized spacial score (nSPS) is 16.2. The second kappa shape index (κ2) is 8.21. The molecule has 2 aromatic heterocycles. The van der Waals surface area contributed by atoms with Gasteiger partial charge in [0.05, 0.1) is 18.6 Å². The van der Waals surface area contributed by atoms with Gasteiger partial charge in [0.15, 0.2) is 0 Å². The summed E-state index contributed by atoms with van der Waals surface area (Å²) in [6.45, 7) is 5.83. The number of aromatic nitrogens is 2. The standard InChI is InChI=1S/C19H24N2O5S/c1-4-8-26-14(22)10-21-16(19(24)25-5-2)20-17-15(18(21)23)12-7-6-11(3)9-13(12)27-17/h11H,4-10H2,1-3H3. The van der Waals surface area contributed by atoms with Crippen LogP contribution in [0.3, 0.4) is 0 Å². The van der Waals surface area contributed by atoms with Gasteiger partial charge in [0.25, 0.3) is 5.56 Å². The summed E-state index contributed by atoms with van der Waals surface area (Å²) >= 11 is 1.46. The molecule has 1 unspecified atom stereocenters. The van der Waals surface area contributed by atoms with Crippen LogP contribution < -0.4 is 5.56 Å². The number of fused-ring (bicyclic) bond motifs is 3. The summed E-state index contributed by atoms with van der Waals surface area (Å²) in [4.78, 5) is 43.8. The topological polar surface area (TPSA) is 87.5 Å². The molecule has 1 aliphatic carbocycles. The maximum absolute atomic E-state index is 13.2. The van der Waals surface area contributed by atoms with Crippen molar-refractivity contribution in [1.82, 2.24) is 9.55 Å². The second-order valence-electron chi connectivity index (χ2n) is 6.80. The molecule has 0 aliphatic heterocycles. The fourth-order valence-electron chi connectivity index (χ4n) is 3.31. The lowest BCUT2D eigenvalue weighted by Crippen LogP contribution is -2.32. The number of thiophene rings is 1. The minimum atomic E-state index is -0.709. The Labute approximate surface area is 161 Å². The molecule has 3 rings (SSSR count). The molecular weight excluding hydrogens is 368 g/mol. The molecule has 0 bridgehead atoms. The molecule has 1 atom stereocenters. The molecule has 0 radical (unpaired) electrons. The van der Waals surface area contributed by atoms with E-state index in [4.69, 9.17) is 9.47 Å². The minimum absolute atomic E-state index is 0.144. The van der Waals surface area contributed by atoms with Crippen LogP contribution in [0.15, 0.2) is 4.79 Å². The summed E-state index contributed by atoms with van der Waals surface area (Å²) in [5, 5.41) is 0.526. The summed E-state index contributed by atoms with van der Waals surface area (Å²) in [7, 11) is 0.